The van der Waals surface area contributed by atoms with Crippen LogP contribution in [0.1, 0.15) is 15.9 Å². The SMILES string of the molecule is COc1cc(C(=O)OC[C@H]2OC[C@H](O)[C@@H](O)[C@H]2O)ccc1OCc1ccccc1. The number of aliphatic hydroxyl groups is 3. The second kappa shape index (κ2) is 9.71. The highest BCUT2D eigenvalue weighted by Gasteiger charge is 2.38. The van der Waals surface area contributed by atoms with Crippen molar-refractivity contribution in [2.24, 2.45) is 0 Å². The van der Waals surface area contributed by atoms with Crippen molar-refractivity contribution in [1.82, 2.24) is 0 Å². The molecule has 1 aliphatic rings. The molecule has 2 aromatic carbocycles. The lowest BCUT2D eigenvalue weighted by Crippen LogP contribution is -2.54. The molecule has 0 spiro atoms. The van der Waals surface area contributed by atoms with E-state index >= 15 is 0 Å². The fourth-order valence-corrected chi connectivity index (χ4v) is 2.90. The van der Waals surface area contributed by atoms with Crippen LogP contribution in [0.4, 0.5) is 0 Å². The van der Waals surface area contributed by atoms with Gasteiger partial charge in [-0.25, -0.2) is 4.79 Å². The third-order valence-corrected chi connectivity index (χ3v) is 4.62. The Hall–Kier alpha value is -2.65. The van der Waals surface area contributed by atoms with Gasteiger partial charge in [-0.05, 0) is 23.8 Å². The van der Waals surface area contributed by atoms with Crippen molar-refractivity contribution in [3.05, 3.63) is 59.7 Å². The number of rotatable bonds is 7. The van der Waals surface area contributed by atoms with Crippen LogP contribution in [0.15, 0.2) is 48.5 Å². The predicted octanol–water partition coefficient (Wildman–Crippen LogP) is 0.912. The molecule has 3 N–H and O–H groups in total. The predicted molar refractivity (Wildman–Crippen MR) is 102 cm³/mol. The van der Waals surface area contributed by atoms with Gasteiger partial charge in [0.15, 0.2) is 11.5 Å². The molecular formula is C21H24O8. The molecule has 8 heteroatoms. The lowest BCUT2D eigenvalue weighted by atomic mass is 10.0. The van der Waals surface area contributed by atoms with Crippen molar-refractivity contribution in [3.63, 3.8) is 0 Å². The molecule has 0 bridgehead atoms. The van der Waals surface area contributed by atoms with Crippen LogP contribution < -0.4 is 9.47 Å². The maximum absolute atomic E-state index is 12.3. The summed E-state index contributed by atoms with van der Waals surface area (Å²) in [6.07, 6.45) is -4.80. The Bertz CT molecular complexity index is 810. The number of ether oxygens (including phenoxy) is 4. The van der Waals surface area contributed by atoms with E-state index in [9.17, 15) is 20.1 Å². The molecule has 3 rings (SSSR count). The third kappa shape index (κ3) is 5.24. The summed E-state index contributed by atoms with van der Waals surface area (Å²) in [7, 11) is 1.47. The van der Waals surface area contributed by atoms with Gasteiger partial charge in [0.1, 0.15) is 37.6 Å². The van der Waals surface area contributed by atoms with Crippen molar-refractivity contribution in [1.29, 1.82) is 0 Å². The highest BCUT2D eigenvalue weighted by Crippen LogP contribution is 2.29. The van der Waals surface area contributed by atoms with Gasteiger partial charge >= 0.3 is 5.97 Å². The number of carbonyl (C=O) groups is 1. The molecule has 0 aliphatic carbocycles. The lowest BCUT2D eigenvalue weighted by molar-refractivity contribution is -0.195. The van der Waals surface area contributed by atoms with Crippen molar-refractivity contribution in [3.8, 4) is 11.5 Å². The van der Waals surface area contributed by atoms with Gasteiger partial charge in [0, 0.05) is 0 Å². The van der Waals surface area contributed by atoms with E-state index in [2.05, 4.69) is 0 Å². The van der Waals surface area contributed by atoms with Gasteiger partial charge in [0.2, 0.25) is 0 Å². The second-order valence-corrected chi connectivity index (χ2v) is 6.66. The largest absolute Gasteiger partial charge is 0.493 e. The van der Waals surface area contributed by atoms with E-state index in [1.54, 1.807) is 12.1 Å². The van der Waals surface area contributed by atoms with Crippen molar-refractivity contribution in [2.75, 3.05) is 20.3 Å². The minimum absolute atomic E-state index is 0.151. The number of benzene rings is 2. The van der Waals surface area contributed by atoms with E-state index in [-0.39, 0.29) is 18.8 Å². The van der Waals surface area contributed by atoms with E-state index in [1.165, 1.54) is 13.2 Å². The summed E-state index contributed by atoms with van der Waals surface area (Å²) in [5.41, 5.74) is 1.23. The molecular weight excluding hydrogens is 380 g/mol. The quantitative estimate of drug-likeness (QED) is 0.584. The molecule has 2 aromatic rings. The first kappa shape index (κ1) is 21.1. The molecule has 1 fully saturated rings. The summed E-state index contributed by atoms with van der Waals surface area (Å²) in [6, 6.07) is 14.3. The number of carbonyl (C=O) groups excluding carboxylic acids is 1. The average molecular weight is 404 g/mol. The fourth-order valence-electron chi connectivity index (χ4n) is 2.90. The second-order valence-electron chi connectivity index (χ2n) is 6.66. The molecule has 0 aromatic heterocycles. The van der Waals surface area contributed by atoms with Gasteiger partial charge in [-0.2, -0.15) is 0 Å². The first-order valence-corrected chi connectivity index (χ1v) is 9.17. The first-order valence-electron chi connectivity index (χ1n) is 9.17. The van der Waals surface area contributed by atoms with Crippen LogP contribution in [0.2, 0.25) is 0 Å². The zero-order valence-corrected chi connectivity index (χ0v) is 15.9. The highest BCUT2D eigenvalue weighted by atomic mass is 16.6. The minimum Gasteiger partial charge on any atom is -0.493 e. The smallest absolute Gasteiger partial charge is 0.338 e. The summed E-state index contributed by atoms with van der Waals surface area (Å²) in [4.78, 5) is 12.3. The van der Waals surface area contributed by atoms with Crippen LogP contribution in [-0.4, -0.2) is 66.0 Å². The standard InChI is InChI=1S/C21H24O8/c1-26-17-9-14(7-8-16(17)27-10-13-5-3-2-4-6-13)21(25)29-12-18-20(24)19(23)15(22)11-28-18/h2-9,15,18-20,22-24H,10-12H2,1H3/t15-,18+,19+,20-/m0/s1. The van der Waals surface area contributed by atoms with Gasteiger partial charge in [-0.15, -0.1) is 0 Å². The minimum atomic E-state index is -1.35. The Balaban J connectivity index is 1.59. The van der Waals surface area contributed by atoms with Crippen molar-refractivity contribution in [2.45, 2.75) is 31.0 Å². The van der Waals surface area contributed by atoms with Gasteiger partial charge in [0.05, 0.1) is 19.3 Å². The Labute approximate surface area is 168 Å². The average Bonchev–Trinajstić information content (AvgIpc) is 2.76. The Kier molecular flexibility index (Phi) is 7.05. The molecule has 29 heavy (non-hydrogen) atoms. The summed E-state index contributed by atoms with van der Waals surface area (Å²) in [5.74, 6) is 0.216. The summed E-state index contributed by atoms with van der Waals surface area (Å²) in [5, 5.41) is 29.0. The molecule has 8 nitrogen and oxygen atoms in total. The molecule has 1 heterocycles. The van der Waals surface area contributed by atoms with Crippen LogP contribution in [0, 0.1) is 0 Å². The van der Waals surface area contributed by atoms with E-state index in [0.29, 0.717) is 18.1 Å². The van der Waals surface area contributed by atoms with Crippen molar-refractivity contribution < 1.29 is 39.1 Å². The molecule has 0 saturated carbocycles. The Morgan fingerprint density at radius 1 is 1.07 bits per heavy atom. The van der Waals surface area contributed by atoms with Crippen LogP contribution in [0.5, 0.6) is 11.5 Å². The molecule has 0 amide bonds. The van der Waals surface area contributed by atoms with Crippen LogP contribution in [-0.2, 0) is 16.1 Å². The fraction of sp³-hybridized carbons (Fsp3) is 0.381. The van der Waals surface area contributed by atoms with Crippen LogP contribution in [0.25, 0.3) is 0 Å². The van der Waals surface area contributed by atoms with Crippen molar-refractivity contribution >= 4 is 5.97 Å². The van der Waals surface area contributed by atoms with Gasteiger partial charge < -0.3 is 34.3 Å². The molecule has 1 aliphatic heterocycles. The zero-order valence-electron chi connectivity index (χ0n) is 15.9. The normalized spacial score (nSPS) is 24.0. The highest BCUT2D eigenvalue weighted by molar-refractivity contribution is 5.90. The third-order valence-electron chi connectivity index (χ3n) is 4.62. The number of methoxy groups -OCH3 is 1. The Morgan fingerprint density at radius 2 is 1.83 bits per heavy atom. The summed E-state index contributed by atoms with van der Waals surface area (Å²) >= 11 is 0. The maximum Gasteiger partial charge on any atom is 0.338 e. The van der Waals surface area contributed by atoms with E-state index in [4.69, 9.17) is 18.9 Å². The number of aliphatic hydroxyl groups excluding tert-OH is 3. The van der Waals surface area contributed by atoms with E-state index < -0.39 is 30.4 Å². The molecule has 4 atom stereocenters. The van der Waals surface area contributed by atoms with Crippen LogP contribution in [0.3, 0.4) is 0 Å². The number of hydrogen-bond donors (Lipinski definition) is 3. The molecule has 156 valence electrons. The molecule has 0 radical (unpaired) electrons. The van der Waals surface area contributed by atoms with Gasteiger partial charge in [0.25, 0.3) is 0 Å². The topological polar surface area (TPSA) is 115 Å². The lowest BCUT2D eigenvalue weighted by Gasteiger charge is -2.34. The van der Waals surface area contributed by atoms with Crippen LogP contribution >= 0.6 is 0 Å². The summed E-state index contributed by atoms with van der Waals surface area (Å²) < 4.78 is 21.5. The van der Waals surface area contributed by atoms with Gasteiger partial charge in [-0.1, -0.05) is 30.3 Å². The van der Waals surface area contributed by atoms with E-state index in [0.717, 1.165) is 5.56 Å². The van der Waals surface area contributed by atoms with Gasteiger partial charge in [-0.3, -0.25) is 0 Å². The molecule has 1 saturated heterocycles. The monoisotopic (exact) mass is 404 g/mol. The van der Waals surface area contributed by atoms with E-state index in [1.807, 2.05) is 30.3 Å². The summed E-state index contributed by atoms with van der Waals surface area (Å²) in [6.45, 7) is -0.0633. The number of esters is 1. The first-order chi connectivity index (χ1) is 14.0. The zero-order chi connectivity index (χ0) is 20.8. The Morgan fingerprint density at radius 3 is 2.55 bits per heavy atom. The number of hydrogen-bond acceptors (Lipinski definition) is 8. The maximum atomic E-state index is 12.3. The molecule has 0 unspecified atom stereocenters.